The number of likely N-dealkylation sites (tertiary alicyclic amines) is 1. The van der Waals surface area contributed by atoms with Crippen molar-refractivity contribution in [3.8, 4) is 5.75 Å². The van der Waals surface area contributed by atoms with E-state index in [1.807, 2.05) is 55.9 Å². The molecule has 1 aliphatic heterocycles. The van der Waals surface area contributed by atoms with E-state index >= 15 is 0 Å². The number of carbonyl (C=O) groups excluding carboxylic acids is 2. The zero-order chi connectivity index (χ0) is 23.0. The minimum Gasteiger partial charge on any atom is -0.507 e. The molecule has 3 aromatic rings. The number of fused-ring (bicyclic) bond motifs is 1. The van der Waals surface area contributed by atoms with Crippen LogP contribution in [-0.2, 0) is 16.6 Å². The van der Waals surface area contributed by atoms with Crippen LogP contribution in [0.4, 0.5) is 0 Å². The van der Waals surface area contributed by atoms with Crippen molar-refractivity contribution < 1.29 is 19.4 Å². The van der Waals surface area contributed by atoms with E-state index < -0.39 is 17.7 Å². The molecule has 0 bridgehead atoms. The molecule has 0 radical (unpaired) electrons. The maximum Gasteiger partial charge on any atom is 0.295 e. The molecule has 7 heteroatoms. The second-order valence-electron chi connectivity index (χ2n) is 7.78. The number of Topliss-reactive ketones (excluding diaryl/α,β-unsaturated/α-hetero) is 1. The molecular formula is C25H25ClN2O4. The van der Waals surface area contributed by atoms with E-state index in [1.54, 1.807) is 23.1 Å². The summed E-state index contributed by atoms with van der Waals surface area (Å²) in [4.78, 5) is 27.7. The Balaban J connectivity index is 1.95. The van der Waals surface area contributed by atoms with Crippen molar-refractivity contribution in [3.05, 3.63) is 70.4 Å². The van der Waals surface area contributed by atoms with Gasteiger partial charge in [-0.2, -0.15) is 0 Å². The van der Waals surface area contributed by atoms with Crippen LogP contribution in [0.1, 0.15) is 37.4 Å². The number of ketones is 1. The van der Waals surface area contributed by atoms with Gasteiger partial charge in [0.1, 0.15) is 11.5 Å². The largest absolute Gasteiger partial charge is 0.507 e. The van der Waals surface area contributed by atoms with Crippen LogP contribution in [0.5, 0.6) is 5.75 Å². The number of ether oxygens (including phenoxy) is 1. The summed E-state index contributed by atoms with van der Waals surface area (Å²) in [5.41, 5.74) is 2.23. The summed E-state index contributed by atoms with van der Waals surface area (Å²) in [6.45, 7) is 4.59. The van der Waals surface area contributed by atoms with Crippen molar-refractivity contribution in [1.29, 1.82) is 0 Å². The average molecular weight is 453 g/mol. The summed E-state index contributed by atoms with van der Waals surface area (Å²) >= 11 is 6.19. The van der Waals surface area contributed by atoms with E-state index in [0.717, 1.165) is 16.5 Å². The lowest BCUT2D eigenvalue weighted by Gasteiger charge is -2.24. The van der Waals surface area contributed by atoms with Gasteiger partial charge in [0.2, 0.25) is 0 Å². The third kappa shape index (κ3) is 3.54. The maximum absolute atomic E-state index is 13.1. The van der Waals surface area contributed by atoms with Crippen LogP contribution in [0.2, 0.25) is 5.02 Å². The Labute approximate surface area is 191 Å². The normalized spacial score (nSPS) is 18.0. The number of aliphatic hydroxyl groups excluding tert-OH is 1. The van der Waals surface area contributed by atoms with Crippen LogP contribution in [0.25, 0.3) is 16.7 Å². The van der Waals surface area contributed by atoms with E-state index in [0.29, 0.717) is 35.9 Å². The number of carbonyl (C=O) groups is 2. The number of aryl methyl sites for hydroxylation is 1. The van der Waals surface area contributed by atoms with E-state index in [4.69, 9.17) is 16.3 Å². The van der Waals surface area contributed by atoms with Crippen molar-refractivity contribution in [2.75, 3.05) is 13.2 Å². The SMILES string of the molecule is CCCN1C(=O)C(=O)/C(=C(/O)c2ccc(Cl)c(OCC)c2)C1c1cn(C)c2ccccc12. The highest BCUT2D eigenvalue weighted by atomic mass is 35.5. The molecule has 1 amide bonds. The van der Waals surface area contributed by atoms with Gasteiger partial charge in [0.25, 0.3) is 11.7 Å². The lowest BCUT2D eigenvalue weighted by Crippen LogP contribution is -2.30. The third-order valence-electron chi connectivity index (χ3n) is 5.73. The molecule has 1 saturated heterocycles. The van der Waals surface area contributed by atoms with Crippen molar-refractivity contribution in [1.82, 2.24) is 9.47 Å². The second kappa shape index (κ2) is 8.71. The molecule has 1 N–H and O–H groups in total. The van der Waals surface area contributed by atoms with Crippen LogP contribution in [0.3, 0.4) is 0 Å². The topological polar surface area (TPSA) is 71.8 Å². The first-order valence-corrected chi connectivity index (χ1v) is 11.0. The highest BCUT2D eigenvalue weighted by Crippen LogP contribution is 2.43. The Bertz CT molecular complexity index is 1240. The summed E-state index contributed by atoms with van der Waals surface area (Å²) in [6, 6.07) is 11.9. The zero-order valence-electron chi connectivity index (χ0n) is 18.3. The number of hydrogen-bond acceptors (Lipinski definition) is 4. The first-order valence-electron chi connectivity index (χ1n) is 10.6. The van der Waals surface area contributed by atoms with Crippen LogP contribution in [0.15, 0.2) is 54.2 Å². The molecule has 0 saturated carbocycles. The molecule has 6 nitrogen and oxygen atoms in total. The summed E-state index contributed by atoms with van der Waals surface area (Å²) in [7, 11) is 1.92. The van der Waals surface area contributed by atoms with Crippen LogP contribution >= 0.6 is 11.6 Å². The standard InChI is InChI=1S/C25H25ClN2O4/c1-4-12-28-22(17-14-27(3)19-9-7-6-8-16(17)19)21(24(30)25(28)31)23(29)15-10-11-18(26)20(13-15)32-5-2/h6-11,13-14,22,29H,4-5,12H2,1-3H3/b23-21+. The van der Waals surface area contributed by atoms with Crippen LogP contribution < -0.4 is 4.74 Å². The molecule has 166 valence electrons. The Hall–Kier alpha value is -3.25. The molecule has 2 heterocycles. The number of nitrogens with zero attached hydrogens (tertiary/aromatic N) is 2. The number of hydrogen-bond donors (Lipinski definition) is 1. The molecular weight excluding hydrogens is 428 g/mol. The van der Waals surface area contributed by atoms with Gasteiger partial charge < -0.3 is 19.3 Å². The van der Waals surface area contributed by atoms with Gasteiger partial charge in [-0.25, -0.2) is 0 Å². The minimum atomic E-state index is -0.693. The predicted octanol–water partition coefficient (Wildman–Crippen LogP) is 5.06. The zero-order valence-corrected chi connectivity index (χ0v) is 19.0. The lowest BCUT2D eigenvalue weighted by molar-refractivity contribution is -0.139. The summed E-state index contributed by atoms with van der Waals surface area (Å²) < 4.78 is 7.50. The number of rotatable bonds is 6. The molecule has 1 aromatic heterocycles. The number of para-hydroxylation sites is 1. The van der Waals surface area contributed by atoms with Gasteiger partial charge >= 0.3 is 0 Å². The number of halogens is 1. The van der Waals surface area contributed by atoms with Gasteiger partial charge in [0.15, 0.2) is 0 Å². The highest BCUT2D eigenvalue weighted by Gasteiger charge is 2.46. The second-order valence-corrected chi connectivity index (χ2v) is 8.19. The maximum atomic E-state index is 13.1. The Morgan fingerprint density at radius 3 is 2.62 bits per heavy atom. The fourth-order valence-electron chi connectivity index (χ4n) is 4.34. The molecule has 32 heavy (non-hydrogen) atoms. The Morgan fingerprint density at radius 2 is 1.91 bits per heavy atom. The van der Waals surface area contributed by atoms with Crippen LogP contribution in [0, 0.1) is 0 Å². The first kappa shape index (κ1) is 22.0. The summed E-state index contributed by atoms with van der Waals surface area (Å²) in [5.74, 6) is -1.13. The van der Waals surface area contributed by atoms with Gasteiger partial charge in [0, 0.05) is 41.8 Å². The van der Waals surface area contributed by atoms with E-state index in [2.05, 4.69) is 0 Å². The van der Waals surface area contributed by atoms with E-state index in [-0.39, 0.29) is 11.3 Å². The minimum absolute atomic E-state index is 0.0737. The number of aliphatic hydroxyl groups is 1. The van der Waals surface area contributed by atoms with Crippen molar-refractivity contribution in [3.63, 3.8) is 0 Å². The highest BCUT2D eigenvalue weighted by molar-refractivity contribution is 6.46. The number of aromatic nitrogens is 1. The van der Waals surface area contributed by atoms with Crippen molar-refractivity contribution >= 4 is 40.0 Å². The van der Waals surface area contributed by atoms with E-state index in [1.165, 1.54) is 0 Å². The monoisotopic (exact) mass is 452 g/mol. The quantitative estimate of drug-likeness (QED) is 0.322. The van der Waals surface area contributed by atoms with Crippen molar-refractivity contribution in [2.45, 2.75) is 26.3 Å². The molecule has 0 spiro atoms. The molecule has 1 aliphatic rings. The lowest BCUT2D eigenvalue weighted by atomic mass is 9.95. The fourth-order valence-corrected chi connectivity index (χ4v) is 4.51. The van der Waals surface area contributed by atoms with Gasteiger partial charge in [-0.3, -0.25) is 9.59 Å². The molecule has 0 aliphatic carbocycles. The fraction of sp³-hybridized carbons (Fsp3) is 0.280. The van der Waals surface area contributed by atoms with Gasteiger partial charge in [0.05, 0.1) is 23.2 Å². The first-order chi connectivity index (χ1) is 15.4. The van der Waals surface area contributed by atoms with Crippen molar-refractivity contribution in [2.24, 2.45) is 7.05 Å². The molecule has 2 aromatic carbocycles. The molecule has 1 unspecified atom stereocenters. The van der Waals surface area contributed by atoms with Crippen LogP contribution in [-0.4, -0.2) is 39.4 Å². The molecule has 1 fully saturated rings. The van der Waals surface area contributed by atoms with Gasteiger partial charge in [-0.15, -0.1) is 0 Å². The predicted molar refractivity (Wildman–Crippen MR) is 125 cm³/mol. The summed E-state index contributed by atoms with van der Waals surface area (Å²) in [6.07, 6.45) is 2.61. The summed E-state index contributed by atoms with van der Waals surface area (Å²) in [5, 5.41) is 12.6. The Morgan fingerprint density at radius 1 is 1.16 bits per heavy atom. The Kier molecular flexibility index (Phi) is 5.98. The molecule has 4 rings (SSSR count). The smallest absolute Gasteiger partial charge is 0.295 e. The van der Waals surface area contributed by atoms with Gasteiger partial charge in [-0.1, -0.05) is 36.7 Å². The number of benzene rings is 2. The average Bonchev–Trinajstić information content (AvgIpc) is 3.24. The number of amides is 1. The van der Waals surface area contributed by atoms with Gasteiger partial charge in [-0.05, 0) is 37.6 Å². The molecule has 1 atom stereocenters. The third-order valence-corrected chi connectivity index (χ3v) is 6.04. The van der Waals surface area contributed by atoms with E-state index in [9.17, 15) is 14.7 Å².